The number of alkyl halides is 3. The van der Waals surface area contributed by atoms with Gasteiger partial charge in [0.05, 0.1) is 5.56 Å². The van der Waals surface area contributed by atoms with Gasteiger partial charge in [-0.2, -0.15) is 0 Å². The summed E-state index contributed by atoms with van der Waals surface area (Å²) in [6, 6.07) is 0.841. The van der Waals surface area contributed by atoms with E-state index in [1.165, 1.54) is 0 Å². The predicted octanol–water partition coefficient (Wildman–Crippen LogP) is 2.50. The molecule has 0 radical (unpaired) electrons. The minimum Gasteiger partial charge on any atom is -0.385 e. The molecule has 1 aromatic heterocycles. The molecule has 0 saturated carbocycles. The van der Waals surface area contributed by atoms with E-state index in [1.807, 2.05) is 0 Å². The Balaban J connectivity index is 3.10. The summed E-state index contributed by atoms with van der Waals surface area (Å²) in [6.07, 6.45) is -4.30. The molecule has 0 spiro atoms. The third kappa shape index (κ3) is 3.05. The van der Waals surface area contributed by atoms with Crippen LogP contribution < -0.4 is 4.74 Å². The molecule has 1 heterocycles. The van der Waals surface area contributed by atoms with Crippen molar-refractivity contribution in [2.45, 2.75) is 6.36 Å². The van der Waals surface area contributed by atoms with Crippen LogP contribution in [0.15, 0.2) is 12.3 Å². The number of hydrogen-bond acceptors (Lipinski definition) is 3. The summed E-state index contributed by atoms with van der Waals surface area (Å²) in [6.45, 7) is 0. The fourth-order valence-corrected chi connectivity index (χ4v) is 0.903. The lowest BCUT2D eigenvalue weighted by Gasteiger charge is -2.08. The van der Waals surface area contributed by atoms with Crippen molar-refractivity contribution in [1.82, 2.24) is 4.98 Å². The highest BCUT2D eigenvalue weighted by Gasteiger charge is 2.34. The summed E-state index contributed by atoms with van der Waals surface area (Å²) in [4.78, 5) is 13.5. The molecule has 8 heteroatoms. The summed E-state index contributed by atoms with van der Waals surface area (Å²) < 4.78 is 51.4. The second-order valence-electron chi connectivity index (χ2n) is 2.30. The molecule has 15 heavy (non-hydrogen) atoms. The van der Waals surface area contributed by atoms with E-state index in [2.05, 4.69) is 9.72 Å². The Morgan fingerprint density at radius 1 is 1.47 bits per heavy atom. The van der Waals surface area contributed by atoms with Gasteiger partial charge in [0.2, 0.25) is 0 Å². The number of halogens is 5. The molecule has 0 N–H and O–H groups in total. The Morgan fingerprint density at radius 3 is 2.53 bits per heavy atom. The second-order valence-corrected chi connectivity index (χ2v) is 2.64. The number of rotatable bonds is 2. The van der Waals surface area contributed by atoms with Crippen molar-refractivity contribution in [3.05, 3.63) is 23.6 Å². The van der Waals surface area contributed by atoms with Crippen LogP contribution in [-0.2, 0) is 0 Å². The van der Waals surface area contributed by atoms with E-state index < -0.39 is 28.9 Å². The normalized spacial score (nSPS) is 11.3. The molecule has 0 aliphatic heterocycles. The maximum atomic E-state index is 13.1. The lowest BCUT2D eigenvalue weighted by atomic mass is 10.3. The van der Waals surface area contributed by atoms with E-state index >= 15 is 0 Å². The van der Waals surface area contributed by atoms with Gasteiger partial charge in [0.25, 0.3) is 11.1 Å². The molecule has 0 fully saturated rings. The van der Waals surface area contributed by atoms with Gasteiger partial charge in [-0.25, -0.2) is 9.37 Å². The van der Waals surface area contributed by atoms with Crippen molar-refractivity contribution in [2.24, 2.45) is 0 Å². The van der Waals surface area contributed by atoms with Gasteiger partial charge < -0.3 is 4.74 Å². The van der Waals surface area contributed by atoms with Gasteiger partial charge in [0.1, 0.15) is 0 Å². The Kier molecular flexibility index (Phi) is 3.13. The number of aromatic nitrogens is 1. The van der Waals surface area contributed by atoms with Gasteiger partial charge in [-0.15, -0.1) is 13.2 Å². The molecule has 0 aliphatic carbocycles. The van der Waals surface area contributed by atoms with Gasteiger partial charge in [0, 0.05) is 6.20 Å². The van der Waals surface area contributed by atoms with Crippen LogP contribution in [-0.4, -0.2) is 16.6 Å². The SMILES string of the molecule is O=C(Cl)c1ccnc(OC(F)(F)F)c1F. The maximum absolute atomic E-state index is 13.1. The number of pyridine rings is 1. The number of carbonyl (C=O) groups excluding carboxylic acids is 1. The van der Waals surface area contributed by atoms with E-state index in [4.69, 9.17) is 11.6 Å². The zero-order valence-electron chi connectivity index (χ0n) is 6.81. The minimum absolute atomic E-state index is 0.731. The van der Waals surface area contributed by atoms with Crippen LogP contribution in [0, 0.1) is 5.82 Å². The highest BCUT2D eigenvalue weighted by atomic mass is 35.5. The van der Waals surface area contributed by atoms with Crippen LogP contribution in [0.4, 0.5) is 17.6 Å². The van der Waals surface area contributed by atoms with Crippen molar-refractivity contribution in [3.8, 4) is 5.88 Å². The molecule has 3 nitrogen and oxygen atoms in total. The lowest BCUT2D eigenvalue weighted by molar-refractivity contribution is -0.277. The lowest BCUT2D eigenvalue weighted by Crippen LogP contribution is -2.19. The van der Waals surface area contributed by atoms with E-state index in [-0.39, 0.29) is 0 Å². The van der Waals surface area contributed by atoms with Gasteiger partial charge in [-0.3, -0.25) is 4.79 Å². The monoisotopic (exact) mass is 243 g/mol. The third-order valence-electron chi connectivity index (χ3n) is 1.28. The van der Waals surface area contributed by atoms with Crippen molar-refractivity contribution in [3.63, 3.8) is 0 Å². The van der Waals surface area contributed by atoms with E-state index in [0.717, 1.165) is 12.3 Å². The standard InChI is InChI=1S/C7H2ClF4NO2/c8-5(14)3-1-2-13-6(4(3)9)15-7(10,11)12/h1-2H. The fourth-order valence-electron chi connectivity index (χ4n) is 0.757. The largest absolute Gasteiger partial charge is 0.574 e. The highest BCUT2D eigenvalue weighted by Crippen LogP contribution is 2.25. The van der Waals surface area contributed by atoms with Crippen LogP contribution in [0.1, 0.15) is 10.4 Å². The Hall–Kier alpha value is -1.37. The molecule has 1 aromatic rings. The van der Waals surface area contributed by atoms with Gasteiger partial charge in [-0.05, 0) is 17.7 Å². The fraction of sp³-hybridized carbons (Fsp3) is 0.143. The summed E-state index contributed by atoms with van der Waals surface area (Å²) >= 11 is 4.91. The average molecular weight is 244 g/mol. The van der Waals surface area contributed by atoms with Crippen molar-refractivity contribution >= 4 is 16.8 Å². The first kappa shape index (κ1) is 11.7. The molecule has 1 rings (SSSR count). The molecule has 0 atom stereocenters. The minimum atomic E-state index is -5.08. The molecule has 0 saturated heterocycles. The first-order chi connectivity index (χ1) is 6.81. The van der Waals surface area contributed by atoms with E-state index in [9.17, 15) is 22.4 Å². The molecule has 0 amide bonds. The average Bonchev–Trinajstić information content (AvgIpc) is 2.05. The molecule has 0 aliphatic rings. The summed E-state index contributed by atoms with van der Waals surface area (Å²) in [7, 11) is 0. The smallest absolute Gasteiger partial charge is 0.385 e. The maximum Gasteiger partial charge on any atom is 0.574 e. The van der Waals surface area contributed by atoms with Crippen molar-refractivity contribution in [2.75, 3.05) is 0 Å². The van der Waals surface area contributed by atoms with Gasteiger partial charge >= 0.3 is 6.36 Å². The molecular formula is C7H2ClF4NO2. The second kappa shape index (κ2) is 4.01. The van der Waals surface area contributed by atoms with Crippen LogP contribution >= 0.6 is 11.6 Å². The number of ether oxygens (including phenoxy) is 1. The predicted molar refractivity (Wildman–Crippen MR) is 41.1 cm³/mol. The topological polar surface area (TPSA) is 39.2 Å². The molecule has 82 valence electrons. The van der Waals surface area contributed by atoms with Crippen molar-refractivity contribution < 1.29 is 27.1 Å². The third-order valence-corrected chi connectivity index (χ3v) is 1.48. The Morgan fingerprint density at radius 2 is 2.07 bits per heavy atom. The van der Waals surface area contributed by atoms with Gasteiger partial charge in [0.15, 0.2) is 5.82 Å². The van der Waals surface area contributed by atoms with Gasteiger partial charge in [-0.1, -0.05) is 0 Å². The summed E-state index contributed by atoms with van der Waals surface area (Å²) in [5.41, 5.74) is -0.731. The van der Waals surface area contributed by atoms with Crippen LogP contribution in [0.2, 0.25) is 0 Å². The van der Waals surface area contributed by atoms with E-state index in [1.54, 1.807) is 0 Å². The first-order valence-electron chi connectivity index (χ1n) is 3.41. The number of nitrogens with zero attached hydrogens (tertiary/aromatic N) is 1. The van der Waals surface area contributed by atoms with E-state index in [0.29, 0.717) is 0 Å². The highest BCUT2D eigenvalue weighted by molar-refractivity contribution is 6.67. The van der Waals surface area contributed by atoms with Crippen LogP contribution in [0.3, 0.4) is 0 Å². The zero-order valence-corrected chi connectivity index (χ0v) is 7.56. The summed E-state index contributed by atoms with van der Waals surface area (Å²) in [5.74, 6) is -2.89. The quantitative estimate of drug-likeness (QED) is 0.592. The van der Waals surface area contributed by atoms with Crippen molar-refractivity contribution in [1.29, 1.82) is 0 Å². The van der Waals surface area contributed by atoms with Crippen LogP contribution in [0.25, 0.3) is 0 Å². The van der Waals surface area contributed by atoms with Crippen LogP contribution in [0.5, 0.6) is 5.88 Å². The molecular weight excluding hydrogens is 242 g/mol. The zero-order chi connectivity index (χ0) is 11.6. The summed E-state index contributed by atoms with van der Waals surface area (Å²) in [5, 5.41) is -1.23. The Bertz CT molecular complexity index is 393. The molecule has 0 bridgehead atoms. The first-order valence-corrected chi connectivity index (χ1v) is 3.79. The number of carbonyl (C=O) groups is 1. The molecule has 0 aromatic carbocycles. The Labute approximate surface area is 85.6 Å². The molecule has 0 unspecified atom stereocenters. The number of hydrogen-bond donors (Lipinski definition) is 0.